The SMILES string of the molecule is CCOC(=O)C(CC)NC(C)c1cccs1. The van der Waals surface area contributed by atoms with Crippen LogP contribution in [0.4, 0.5) is 0 Å². The Bertz CT molecular complexity index is 311. The van der Waals surface area contributed by atoms with Gasteiger partial charge < -0.3 is 4.74 Å². The van der Waals surface area contributed by atoms with Crippen molar-refractivity contribution in [3.05, 3.63) is 22.4 Å². The van der Waals surface area contributed by atoms with E-state index in [1.807, 2.05) is 25.3 Å². The van der Waals surface area contributed by atoms with Crippen LogP contribution in [0, 0.1) is 0 Å². The molecule has 0 saturated heterocycles. The molecule has 90 valence electrons. The topological polar surface area (TPSA) is 38.3 Å². The van der Waals surface area contributed by atoms with Gasteiger partial charge in [-0.2, -0.15) is 0 Å². The van der Waals surface area contributed by atoms with Crippen molar-refractivity contribution in [1.82, 2.24) is 5.32 Å². The zero-order valence-electron chi connectivity index (χ0n) is 10.0. The smallest absolute Gasteiger partial charge is 0.323 e. The van der Waals surface area contributed by atoms with Crippen LogP contribution in [-0.4, -0.2) is 18.6 Å². The molecule has 0 aliphatic carbocycles. The van der Waals surface area contributed by atoms with Gasteiger partial charge in [-0.15, -0.1) is 11.3 Å². The van der Waals surface area contributed by atoms with Crippen molar-refractivity contribution in [2.75, 3.05) is 6.61 Å². The Kier molecular flexibility index (Phi) is 5.49. The molecule has 0 aliphatic heterocycles. The van der Waals surface area contributed by atoms with Crippen molar-refractivity contribution in [1.29, 1.82) is 0 Å². The molecule has 1 aromatic heterocycles. The second-order valence-corrected chi connectivity index (χ2v) is 4.60. The molecular formula is C12H19NO2S. The monoisotopic (exact) mass is 241 g/mol. The van der Waals surface area contributed by atoms with Crippen molar-refractivity contribution < 1.29 is 9.53 Å². The van der Waals surface area contributed by atoms with E-state index in [1.165, 1.54) is 4.88 Å². The summed E-state index contributed by atoms with van der Waals surface area (Å²) in [4.78, 5) is 12.8. The molecule has 1 heterocycles. The summed E-state index contributed by atoms with van der Waals surface area (Å²) in [7, 11) is 0. The fourth-order valence-electron chi connectivity index (χ4n) is 1.52. The molecule has 0 radical (unpaired) electrons. The molecule has 0 amide bonds. The van der Waals surface area contributed by atoms with Gasteiger partial charge in [-0.25, -0.2) is 0 Å². The first-order valence-electron chi connectivity index (χ1n) is 5.65. The Labute approximate surface area is 101 Å². The molecule has 1 aromatic rings. The maximum absolute atomic E-state index is 11.6. The number of rotatable bonds is 6. The highest BCUT2D eigenvalue weighted by atomic mass is 32.1. The quantitative estimate of drug-likeness (QED) is 0.778. The van der Waals surface area contributed by atoms with Gasteiger partial charge in [0.05, 0.1) is 6.61 Å². The average molecular weight is 241 g/mol. The van der Waals surface area contributed by atoms with Crippen LogP contribution in [0.3, 0.4) is 0 Å². The molecule has 0 saturated carbocycles. The highest BCUT2D eigenvalue weighted by molar-refractivity contribution is 7.10. The van der Waals surface area contributed by atoms with E-state index in [4.69, 9.17) is 4.74 Å². The second-order valence-electron chi connectivity index (χ2n) is 3.62. The summed E-state index contributed by atoms with van der Waals surface area (Å²) in [6.07, 6.45) is 0.745. The summed E-state index contributed by atoms with van der Waals surface area (Å²) in [6.45, 7) is 6.31. The lowest BCUT2D eigenvalue weighted by Gasteiger charge is -2.19. The second kappa shape index (κ2) is 6.66. The van der Waals surface area contributed by atoms with Crippen LogP contribution in [0.15, 0.2) is 17.5 Å². The molecule has 1 N–H and O–H groups in total. The summed E-state index contributed by atoms with van der Waals surface area (Å²) in [5.74, 6) is -0.159. The van der Waals surface area contributed by atoms with Gasteiger partial charge in [0, 0.05) is 10.9 Å². The molecular weight excluding hydrogens is 222 g/mol. The van der Waals surface area contributed by atoms with Crippen molar-refractivity contribution in [2.24, 2.45) is 0 Å². The number of carbonyl (C=O) groups excluding carboxylic acids is 1. The predicted octanol–water partition coefficient (Wildman–Crippen LogP) is 2.74. The van der Waals surface area contributed by atoms with Crippen molar-refractivity contribution in [2.45, 2.75) is 39.3 Å². The molecule has 2 atom stereocenters. The summed E-state index contributed by atoms with van der Waals surface area (Å²) in [5, 5.41) is 5.33. The van der Waals surface area contributed by atoms with Crippen LogP contribution in [0.25, 0.3) is 0 Å². The van der Waals surface area contributed by atoms with Gasteiger partial charge in [0.15, 0.2) is 0 Å². The van der Waals surface area contributed by atoms with Gasteiger partial charge in [0.1, 0.15) is 6.04 Å². The number of thiophene rings is 1. The fourth-order valence-corrected chi connectivity index (χ4v) is 2.26. The van der Waals surface area contributed by atoms with E-state index in [-0.39, 0.29) is 18.1 Å². The zero-order valence-corrected chi connectivity index (χ0v) is 10.8. The summed E-state index contributed by atoms with van der Waals surface area (Å²) in [6, 6.07) is 4.07. The van der Waals surface area contributed by atoms with E-state index in [0.717, 1.165) is 6.42 Å². The Morgan fingerprint density at radius 2 is 2.31 bits per heavy atom. The lowest BCUT2D eigenvalue weighted by Crippen LogP contribution is -2.38. The Hall–Kier alpha value is -0.870. The molecule has 3 nitrogen and oxygen atoms in total. The van der Waals surface area contributed by atoms with E-state index < -0.39 is 0 Å². The lowest BCUT2D eigenvalue weighted by molar-refractivity contribution is -0.145. The van der Waals surface area contributed by atoms with E-state index in [1.54, 1.807) is 11.3 Å². The maximum Gasteiger partial charge on any atom is 0.323 e. The summed E-state index contributed by atoms with van der Waals surface area (Å²) in [5.41, 5.74) is 0. The number of hydrogen-bond acceptors (Lipinski definition) is 4. The van der Waals surface area contributed by atoms with E-state index in [9.17, 15) is 4.79 Å². The molecule has 2 unspecified atom stereocenters. The first-order valence-corrected chi connectivity index (χ1v) is 6.53. The van der Waals surface area contributed by atoms with Crippen LogP contribution in [0.5, 0.6) is 0 Å². The molecule has 0 fully saturated rings. The third kappa shape index (κ3) is 3.61. The van der Waals surface area contributed by atoms with E-state index >= 15 is 0 Å². The largest absolute Gasteiger partial charge is 0.465 e. The first-order chi connectivity index (χ1) is 7.69. The number of nitrogens with one attached hydrogen (secondary N) is 1. The third-order valence-electron chi connectivity index (χ3n) is 2.40. The highest BCUT2D eigenvalue weighted by Gasteiger charge is 2.20. The van der Waals surface area contributed by atoms with Crippen LogP contribution in [0.2, 0.25) is 0 Å². The van der Waals surface area contributed by atoms with Gasteiger partial charge in [-0.3, -0.25) is 10.1 Å². The first kappa shape index (κ1) is 13.2. The Morgan fingerprint density at radius 3 is 2.81 bits per heavy atom. The molecule has 4 heteroatoms. The lowest BCUT2D eigenvalue weighted by atomic mass is 10.2. The Morgan fingerprint density at radius 1 is 1.56 bits per heavy atom. The van der Waals surface area contributed by atoms with Crippen molar-refractivity contribution >= 4 is 17.3 Å². The normalized spacial score (nSPS) is 14.4. The van der Waals surface area contributed by atoms with Gasteiger partial charge in [-0.1, -0.05) is 13.0 Å². The highest BCUT2D eigenvalue weighted by Crippen LogP contribution is 2.19. The molecule has 0 aliphatic rings. The molecule has 1 rings (SSSR count). The number of ether oxygens (including phenoxy) is 1. The zero-order chi connectivity index (χ0) is 12.0. The average Bonchev–Trinajstić information content (AvgIpc) is 2.79. The maximum atomic E-state index is 11.6. The van der Waals surface area contributed by atoms with Crippen molar-refractivity contribution in [3.8, 4) is 0 Å². The van der Waals surface area contributed by atoms with Crippen LogP contribution in [-0.2, 0) is 9.53 Å². The predicted molar refractivity (Wildman–Crippen MR) is 66.6 cm³/mol. The molecule has 0 aromatic carbocycles. The van der Waals surface area contributed by atoms with Crippen LogP contribution in [0.1, 0.15) is 38.1 Å². The molecule has 16 heavy (non-hydrogen) atoms. The van der Waals surface area contributed by atoms with Gasteiger partial charge >= 0.3 is 5.97 Å². The number of esters is 1. The minimum Gasteiger partial charge on any atom is -0.465 e. The fraction of sp³-hybridized carbons (Fsp3) is 0.583. The standard InChI is InChI=1S/C12H19NO2S/c1-4-10(12(14)15-5-2)13-9(3)11-7-6-8-16-11/h6-10,13H,4-5H2,1-3H3. The molecule has 0 spiro atoms. The van der Waals surface area contributed by atoms with Gasteiger partial charge in [0.2, 0.25) is 0 Å². The van der Waals surface area contributed by atoms with Crippen LogP contribution >= 0.6 is 11.3 Å². The van der Waals surface area contributed by atoms with Gasteiger partial charge in [0.25, 0.3) is 0 Å². The van der Waals surface area contributed by atoms with Crippen molar-refractivity contribution in [3.63, 3.8) is 0 Å². The van der Waals surface area contributed by atoms with E-state index in [0.29, 0.717) is 6.61 Å². The van der Waals surface area contributed by atoms with E-state index in [2.05, 4.69) is 18.3 Å². The number of hydrogen-bond donors (Lipinski definition) is 1. The summed E-state index contributed by atoms with van der Waals surface area (Å²) < 4.78 is 5.02. The molecule has 0 bridgehead atoms. The summed E-state index contributed by atoms with van der Waals surface area (Å²) >= 11 is 1.69. The van der Waals surface area contributed by atoms with Gasteiger partial charge in [-0.05, 0) is 31.7 Å². The minimum absolute atomic E-state index is 0.159. The minimum atomic E-state index is -0.211. The Balaban J connectivity index is 2.53. The number of carbonyl (C=O) groups is 1. The van der Waals surface area contributed by atoms with Crippen LogP contribution < -0.4 is 5.32 Å². The third-order valence-corrected chi connectivity index (χ3v) is 3.46.